The maximum Gasteiger partial charge on any atom is 0.125 e. The fourth-order valence-electron chi connectivity index (χ4n) is 2.70. The van der Waals surface area contributed by atoms with E-state index in [9.17, 15) is 0 Å². The summed E-state index contributed by atoms with van der Waals surface area (Å²) in [6, 6.07) is 0. The Kier molecular flexibility index (Phi) is 3.17. The molecule has 1 heterocycles. The summed E-state index contributed by atoms with van der Waals surface area (Å²) in [6.45, 7) is 4.33. The van der Waals surface area contributed by atoms with Gasteiger partial charge in [-0.05, 0) is 25.2 Å². The second kappa shape index (κ2) is 4.33. The number of nitrogens with zero attached hydrogens (tertiary/aromatic N) is 2. The topological polar surface area (TPSA) is 53.1 Å². The molecule has 4 nitrogen and oxygen atoms in total. The lowest BCUT2D eigenvalue weighted by Crippen LogP contribution is -2.41. The lowest BCUT2D eigenvalue weighted by Gasteiger charge is -2.40. The van der Waals surface area contributed by atoms with Gasteiger partial charge in [-0.1, -0.05) is 13.8 Å². The maximum absolute atomic E-state index is 6.08. The van der Waals surface area contributed by atoms with Crippen molar-refractivity contribution < 1.29 is 4.74 Å². The molecule has 96 valence electrons. The van der Waals surface area contributed by atoms with Gasteiger partial charge < -0.3 is 10.5 Å². The van der Waals surface area contributed by atoms with Crippen molar-refractivity contribution in [1.29, 1.82) is 0 Å². The molecule has 1 aromatic rings. The van der Waals surface area contributed by atoms with Crippen LogP contribution in [-0.2, 0) is 18.2 Å². The van der Waals surface area contributed by atoms with Crippen LogP contribution in [0.4, 0.5) is 5.82 Å². The van der Waals surface area contributed by atoms with Crippen LogP contribution in [0.3, 0.4) is 0 Å². The van der Waals surface area contributed by atoms with E-state index in [0.29, 0.717) is 5.92 Å². The Morgan fingerprint density at radius 3 is 2.53 bits per heavy atom. The molecule has 1 aliphatic carbocycles. The zero-order chi connectivity index (χ0) is 12.6. The summed E-state index contributed by atoms with van der Waals surface area (Å²) >= 11 is 0. The van der Waals surface area contributed by atoms with Gasteiger partial charge in [-0.2, -0.15) is 5.10 Å². The summed E-state index contributed by atoms with van der Waals surface area (Å²) in [5.41, 5.74) is 8.41. The molecule has 0 radical (unpaired) electrons. The van der Waals surface area contributed by atoms with E-state index in [0.717, 1.165) is 30.8 Å². The van der Waals surface area contributed by atoms with Gasteiger partial charge in [-0.25, -0.2) is 0 Å². The third-order valence-electron chi connectivity index (χ3n) is 3.97. The Morgan fingerprint density at radius 2 is 2.12 bits per heavy atom. The number of anilines is 1. The zero-order valence-electron chi connectivity index (χ0n) is 11.3. The molecule has 0 unspecified atom stereocenters. The minimum absolute atomic E-state index is 0.0183. The van der Waals surface area contributed by atoms with Crippen molar-refractivity contribution in [2.24, 2.45) is 7.05 Å². The van der Waals surface area contributed by atoms with Crippen LogP contribution >= 0.6 is 0 Å². The van der Waals surface area contributed by atoms with Crippen LogP contribution in [0.15, 0.2) is 0 Å². The first-order valence-electron chi connectivity index (χ1n) is 6.35. The predicted molar refractivity (Wildman–Crippen MR) is 69.0 cm³/mol. The number of nitrogens with two attached hydrogens (primary N) is 1. The summed E-state index contributed by atoms with van der Waals surface area (Å²) in [4.78, 5) is 0. The molecule has 4 heteroatoms. The van der Waals surface area contributed by atoms with E-state index < -0.39 is 0 Å². The zero-order valence-corrected chi connectivity index (χ0v) is 11.3. The molecule has 0 amide bonds. The summed E-state index contributed by atoms with van der Waals surface area (Å²) in [7, 11) is 3.71. The second-order valence-electron chi connectivity index (χ2n) is 5.44. The van der Waals surface area contributed by atoms with E-state index >= 15 is 0 Å². The predicted octanol–water partition coefficient (Wildman–Crippen LogP) is 2.24. The standard InChI is InChI=1S/C13H23N3O/c1-9(2)11-10(15-16(3)12(11)14)8-13(17-4)6-5-7-13/h9H,5-8,14H2,1-4H3. The van der Waals surface area contributed by atoms with E-state index in [2.05, 4.69) is 18.9 Å². The van der Waals surface area contributed by atoms with Crippen LogP contribution in [0.2, 0.25) is 0 Å². The van der Waals surface area contributed by atoms with Gasteiger partial charge in [0, 0.05) is 26.1 Å². The Bertz CT molecular complexity index is 400. The van der Waals surface area contributed by atoms with Crippen LogP contribution in [0, 0.1) is 0 Å². The first-order chi connectivity index (χ1) is 7.99. The average Bonchev–Trinajstić information content (AvgIpc) is 2.48. The normalized spacial score (nSPS) is 18.4. The van der Waals surface area contributed by atoms with Gasteiger partial charge in [0.05, 0.1) is 11.3 Å². The summed E-state index contributed by atoms with van der Waals surface area (Å²) in [6.07, 6.45) is 4.42. The largest absolute Gasteiger partial charge is 0.384 e. The molecule has 2 rings (SSSR count). The lowest BCUT2D eigenvalue weighted by atomic mass is 9.76. The van der Waals surface area contributed by atoms with Crippen molar-refractivity contribution in [3.63, 3.8) is 0 Å². The number of aryl methyl sites for hydroxylation is 1. The first kappa shape index (κ1) is 12.4. The van der Waals surface area contributed by atoms with Crippen molar-refractivity contribution in [1.82, 2.24) is 9.78 Å². The van der Waals surface area contributed by atoms with E-state index in [1.807, 2.05) is 7.05 Å². The molecule has 0 atom stereocenters. The number of aromatic nitrogens is 2. The van der Waals surface area contributed by atoms with Crippen LogP contribution in [-0.4, -0.2) is 22.5 Å². The Balaban J connectivity index is 2.29. The Morgan fingerprint density at radius 1 is 1.47 bits per heavy atom. The van der Waals surface area contributed by atoms with E-state index in [1.165, 1.54) is 12.0 Å². The van der Waals surface area contributed by atoms with Gasteiger partial charge in [0.2, 0.25) is 0 Å². The molecular weight excluding hydrogens is 214 g/mol. The average molecular weight is 237 g/mol. The van der Waals surface area contributed by atoms with Crippen LogP contribution in [0.5, 0.6) is 0 Å². The molecule has 0 aliphatic heterocycles. The molecule has 1 saturated carbocycles. The number of hydrogen-bond acceptors (Lipinski definition) is 3. The molecule has 0 aromatic carbocycles. The molecule has 1 fully saturated rings. The SMILES string of the molecule is COC1(Cc2nn(C)c(N)c2C(C)C)CCC1. The Labute approximate surface area is 103 Å². The quantitative estimate of drug-likeness (QED) is 0.873. The van der Waals surface area contributed by atoms with Crippen LogP contribution < -0.4 is 5.73 Å². The number of rotatable bonds is 4. The number of nitrogen functional groups attached to an aromatic ring is 1. The molecule has 1 aliphatic rings. The van der Waals surface area contributed by atoms with Crippen LogP contribution in [0.25, 0.3) is 0 Å². The minimum Gasteiger partial charge on any atom is -0.384 e. The monoisotopic (exact) mass is 237 g/mol. The van der Waals surface area contributed by atoms with Crippen molar-refractivity contribution in [2.75, 3.05) is 12.8 Å². The second-order valence-corrected chi connectivity index (χ2v) is 5.44. The smallest absolute Gasteiger partial charge is 0.125 e. The summed E-state index contributed by atoms with van der Waals surface area (Å²) in [5.74, 6) is 1.20. The highest BCUT2D eigenvalue weighted by atomic mass is 16.5. The molecule has 2 N–H and O–H groups in total. The van der Waals surface area contributed by atoms with Crippen molar-refractivity contribution in [3.8, 4) is 0 Å². The van der Waals surface area contributed by atoms with Gasteiger partial charge in [-0.3, -0.25) is 4.68 Å². The van der Waals surface area contributed by atoms with E-state index in [1.54, 1.807) is 11.8 Å². The third-order valence-corrected chi connectivity index (χ3v) is 3.97. The molecule has 1 aromatic heterocycles. The van der Waals surface area contributed by atoms with Crippen molar-refractivity contribution in [3.05, 3.63) is 11.3 Å². The van der Waals surface area contributed by atoms with Crippen LogP contribution in [0.1, 0.15) is 50.3 Å². The van der Waals surface area contributed by atoms with Gasteiger partial charge in [0.25, 0.3) is 0 Å². The number of methoxy groups -OCH3 is 1. The fourth-order valence-corrected chi connectivity index (χ4v) is 2.70. The number of ether oxygens (including phenoxy) is 1. The number of hydrogen-bond donors (Lipinski definition) is 1. The van der Waals surface area contributed by atoms with Gasteiger partial charge in [0.1, 0.15) is 5.82 Å². The highest BCUT2D eigenvalue weighted by molar-refractivity contribution is 5.46. The van der Waals surface area contributed by atoms with Crippen molar-refractivity contribution in [2.45, 2.75) is 51.0 Å². The summed E-state index contributed by atoms with van der Waals surface area (Å²) in [5, 5.41) is 4.56. The van der Waals surface area contributed by atoms with E-state index in [-0.39, 0.29) is 5.60 Å². The minimum atomic E-state index is 0.0183. The van der Waals surface area contributed by atoms with Gasteiger partial charge >= 0.3 is 0 Å². The summed E-state index contributed by atoms with van der Waals surface area (Å²) < 4.78 is 7.46. The first-order valence-corrected chi connectivity index (χ1v) is 6.35. The van der Waals surface area contributed by atoms with Gasteiger partial charge in [0.15, 0.2) is 0 Å². The fraction of sp³-hybridized carbons (Fsp3) is 0.769. The van der Waals surface area contributed by atoms with E-state index in [4.69, 9.17) is 10.5 Å². The maximum atomic E-state index is 6.08. The Hall–Kier alpha value is -1.03. The van der Waals surface area contributed by atoms with Gasteiger partial charge in [-0.15, -0.1) is 0 Å². The molecular formula is C13H23N3O. The molecule has 0 saturated heterocycles. The lowest BCUT2D eigenvalue weighted by molar-refractivity contribution is -0.0716. The third kappa shape index (κ3) is 2.06. The molecule has 0 bridgehead atoms. The molecule has 17 heavy (non-hydrogen) atoms. The molecule has 0 spiro atoms. The highest BCUT2D eigenvalue weighted by Gasteiger charge is 2.39. The highest BCUT2D eigenvalue weighted by Crippen LogP contribution is 2.39. The van der Waals surface area contributed by atoms with Crippen molar-refractivity contribution >= 4 is 5.82 Å².